The highest BCUT2D eigenvalue weighted by atomic mass is 16.5. The minimum atomic E-state index is -0.524. The van der Waals surface area contributed by atoms with Gasteiger partial charge in [-0.15, -0.1) is 0 Å². The van der Waals surface area contributed by atoms with Crippen molar-refractivity contribution in [3.63, 3.8) is 0 Å². The SMILES string of the molecule is CCOC(=O)c1[nH]c2ccccc2c1NC(=O)N(CC)CCO. The van der Waals surface area contributed by atoms with Gasteiger partial charge in [0.2, 0.25) is 0 Å². The predicted molar refractivity (Wildman–Crippen MR) is 87.6 cm³/mol. The van der Waals surface area contributed by atoms with Crippen molar-refractivity contribution in [1.82, 2.24) is 9.88 Å². The lowest BCUT2D eigenvalue weighted by Gasteiger charge is -2.20. The molecule has 0 aliphatic carbocycles. The summed E-state index contributed by atoms with van der Waals surface area (Å²) < 4.78 is 5.04. The molecule has 0 aliphatic heterocycles. The van der Waals surface area contributed by atoms with Crippen LogP contribution in [0.15, 0.2) is 24.3 Å². The van der Waals surface area contributed by atoms with Crippen LogP contribution in [0, 0.1) is 0 Å². The molecule has 124 valence electrons. The number of H-pyrrole nitrogens is 1. The molecule has 0 saturated heterocycles. The van der Waals surface area contributed by atoms with Gasteiger partial charge in [-0.2, -0.15) is 0 Å². The molecule has 23 heavy (non-hydrogen) atoms. The summed E-state index contributed by atoms with van der Waals surface area (Å²) in [5, 5.41) is 12.5. The number of para-hydroxylation sites is 1. The molecule has 1 aromatic heterocycles. The molecule has 0 bridgehead atoms. The number of aliphatic hydroxyl groups is 1. The fourth-order valence-electron chi connectivity index (χ4n) is 2.34. The second-order valence-electron chi connectivity index (χ2n) is 4.87. The van der Waals surface area contributed by atoms with Crippen molar-refractivity contribution < 1.29 is 19.4 Å². The number of hydrogen-bond acceptors (Lipinski definition) is 4. The lowest BCUT2D eigenvalue weighted by atomic mass is 10.2. The molecule has 7 heteroatoms. The summed E-state index contributed by atoms with van der Waals surface area (Å²) in [5.74, 6) is -0.524. The number of likely N-dealkylation sites (N-methyl/N-ethyl adjacent to an activating group) is 1. The Bertz CT molecular complexity index is 696. The van der Waals surface area contributed by atoms with Crippen molar-refractivity contribution >= 4 is 28.6 Å². The number of carbonyl (C=O) groups is 2. The Morgan fingerprint density at radius 3 is 2.70 bits per heavy atom. The summed E-state index contributed by atoms with van der Waals surface area (Å²) in [6, 6.07) is 6.91. The third-order valence-electron chi connectivity index (χ3n) is 3.46. The number of aliphatic hydroxyl groups excluding tert-OH is 1. The van der Waals surface area contributed by atoms with E-state index in [0.717, 1.165) is 10.9 Å². The highest BCUT2D eigenvalue weighted by Crippen LogP contribution is 2.28. The number of hydrogen-bond donors (Lipinski definition) is 3. The Labute approximate surface area is 134 Å². The number of aromatic nitrogens is 1. The van der Waals surface area contributed by atoms with E-state index in [9.17, 15) is 9.59 Å². The lowest BCUT2D eigenvalue weighted by molar-refractivity contribution is 0.0522. The van der Waals surface area contributed by atoms with Gasteiger partial charge in [0.1, 0.15) is 5.69 Å². The molecule has 0 radical (unpaired) electrons. The minimum absolute atomic E-state index is 0.125. The minimum Gasteiger partial charge on any atom is -0.461 e. The Balaban J connectivity index is 2.39. The van der Waals surface area contributed by atoms with Crippen molar-refractivity contribution in [2.75, 3.05) is 31.6 Å². The molecule has 0 atom stereocenters. The van der Waals surface area contributed by atoms with Crippen molar-refractivity contribution in [2.45, 2.75) is 13.8 Å². The monoisotopic (exact) mass is 319 g/mol. The third-order valence-corrected chi connectivity index (χ3v) is 3.46. The summed E-state index contributed by atoms with van der Waals surface area (Å²) in [4.78, 5) is 28.9. The summed E-state index contributed by atoms with van der Waals surface area (Å²) in [6.07, 6.45) is 0. The number of anilines is 1. The molecule has 1 aromatic carbocycles. The molecular formula is C16H21N3O4. The Morgan fingerprint density at radius 1 is 1.30 bits per heavy atom. The molecule has 0 saturated carbocycles. The van der Waals surface area contributed by atoms with Gasteiger partial charge >= 0.3 is 12.0 Å². The summed E-state index contributed by atoms with van der Waals surface area (Å²) in [5.41, 5.74) is 1.33. The van der Waals surface area contributed by atoms with Crippen LogP contribution < -0.4 is 5.32 Å². The first-order valence-corrected chi connectivity index (χ1v) is 7.56. The maximum atomic E-state index is 12.3. The summed E-state index contributed by atoms with van der Waals surface area (Å²) in [6.45, 7) is 4.32. The van der Waals surface area contributed by atoms with E-state index in [4.69, 9.17) is 9.84 Å². The van der Waals surface area contributed by atoms with Crippen LogP contribution in [-0.2, 0) is 4.74 Å². The van der Waals surface area contributed by atoms with Gasteiger partial charge in [0.05, 0.1) is 18.9 Å². The van der Waals surface area contributed by atoms with E-state index in [1.807, 2.05) is 31.2 Å². The molecule has 2 rings (SSSR count). The number of nitrogens with one attached hydrogen (secondary N) is 2. The van der Waals surface area contributed by atoms with Gasteiger partial charge < -0.3 is 25.0 Å². The smallest absolute Gasteiger partial charge is 0.356 e. The predicted octanol–water partition coefficient (Wildman–Crippen LogP) is 2.19. The summed E-state index contributed by atoms with van der Waals surface area (Å²) >= 11 is 0. The number of rotatable bonds is 6. The van der Waals surface area contributed by atoms with Crippen LogP contribution in [0.3, 0.4) is 0 Å². The first-order valence-electron chi connectivity index (χ1n) is 7.56. The highest BCUT2D eigenvalue weighted by molar-refractivity contribution is 6.10. The average molecular weight is 319 g/mol. The normalized spacial score (nSPS) is 10.6. The number of fused-ring (bicyclic) bond motifs is 1. The molecule has 0 fully saturated rings. The molecule has 2 amide bonds. The molecule has 1 heterocycles. The van der Waals surface area contributed by atoms with Gasteiger partial charge in [-0.1, -0.05) is 18.2 Å². The van der Waals surface area contributed by atoms with Crippen molar-refractivity contribution in [3.8, 4) is 0 Å². The quantitative estimate of drug-likeness (QED) is 0.711. The first-order chi connectivity index (χ1) is 11.1. The molecule has 0 aliphatic rings. The fourth-order valence-corrected chi connectivity index (χ4v) is 2.34. The van der Waals surface area contributed by atoms with Crippen molar-refractivity contribution in [2.24, 2.45) is 0 Å². The van der Waals surface area contributed by atoms with E-state index >= 15 is 0 Å². The molecule has 0 spiro atoms. The maximum absolute atomic E-state index is 12.3. The van der Waals surface area contributed by atoms with E-state index in [1.165, 1.54) is 4.90 Å². The van der Waals surface area contributed by atoms with Crippen molar-refractivity contribution in [1.29, 1.82) is 0 Å². The van der Waals surface area contributed by atoms with Crippen LogP contribution in [0.4, 0.5) is 10.5 Å². The number of urea groups is 1. The molecule has 3 N–H and O–H groups in total. The zero-order valence-electron chi connectivity index (χ0n) is 13.3. The Kier molecular flexibility index (Phi) is 5.59. The first kappa shape index (κ1) is 16.8. The van der Waals surface area contributed by atoms with E-state index in [-0.39, 0.29) is 31.5 Å². The molecule has 2 aromatic rings. The zero-order chi connectivity index (χ0) is 16.8. The Hall–Kier alpha value is -2.54. The van der Waals surface area contributed by atoms with Gasteiger partial charge in [0.25, 0.3) is 0 Å². The maximum Gasteiger partial charge on any atom is 0.356 e. The van der Waals surface area contributed by atoms with E-state index < -0.39 is 5.97 Å². The molecular weight excluding hydrogens is 298 g/mol. The van der Waals surface area contributed by atoms with Crippen LogP contribution in [0.2, 0.25) is 0 Å². The largest absolute Gasteiger partial charge is 0.461 e. The average Bonchev–Trinajstić information content (AvgIpc) is 2.91. The standard InChI is InChI=1S/C16H21N3O4/c1-3-19(9-10-20)16(22)18-13-11-7-5-6-8-12(11)17-14(13)15(21)23-4-2/h5-8,17,20H,3-4,9-10H2,1-2H3,(H,18,22). The van der Waals surface area contributed by atoms with Crippen molar-refractivity contribution in [3.05, 3.63) is 30.0 Å². The highest BCUT2D eigenvalue weighted by Gasteiger charge is 2.22. The lowest BCUT2D eigenvalue weighted by Crippen LogP contribution is -2.37. The van der Waals surface area contributed by atoms with Gasteiger partial charge in [-0.3, -0.25) is 0 Å². The van der Waals surface area contributed by atoms with E-state index in [2.05, 4.69) is 10.3 Å². The second-order valence-corrected chi connectivity index (χ2v) is 4.87. The molecule has 7 nitrogen and oxygen atoms in total. The number of nitrogens with zero attached hydrogens (tertiary/aromatic N) is 1. The fraction of sp³-hybridized carbons (Fsp3) is 0.375. The topological polar surface area (TPSA) is 94.7 Å². The van der Waals surface area contributed by atoms with Crippen LogP contribution in [-0.4, -0.2) is 53.3 Å². The number of ether oxygens (including phenoxy) is 1. The van der Waals surface area contributed by atoms with Crippen LogP contribution in [0.1, 0.15) is 24.3 Å². The zero-order valence-corrected chi connectivity index (χ0v) is 13.3. The number of aromatic amines is 1. The van der Waals surface area contributed by atoms with Crippen LogP contribution >= 0.6 is 0 Å². The van der Waals surface area contributed by atoms with E-state index in [0.29, 0.717) is 12.2 Å². The number of amides is 2. The number of benzene rings is 1. The van der Waals surface area contributed by atoms with Gasteiger partial charge in [0, 0.05) is 24.0 Å². The van der Waals surface area contributed by atoms with Crippen LogP contribution in [0.5, 0.6) is 0 Å². The van der Waals surface area contributed by atoms with Gasteiger partial charge in [-0.25, -0.2) is 9.59 Å². The second kappa shape index (κ2) is 7.64. The third kappa shape index (κ3) is 3.62. The summed E-state index contributed by atoms with van der Waals surface area (Å²) in [7, 11) is 0. The number of carbonyl (C=O) groups excluding carboxylic acids is 2. The van der Waals surface area contributed by atoms with Gasteiger partial charge in [-0.05, 0) is 19.9 Å². The molecule has 0 unspecified atom stereocenters. The Morgan fingerprint density at radius 2 is 2.04 bits per heavy atom. The van der Waals surface area contributed by atoms with Crippen LogP contribution in [0.25, 0.3) is 10.9 Å². The number of esters is 1. The van der Waals surface area contributed by atoms with E-state index in [1.54, 1.807) is 6.92 Å². The van der Waals surface area contributed by atoms with Gasteiger partial charge in [0.15, 0.2) is 0 Å².